The number of nitrogens with zero attached hydrogens (tertiary/aromatic N) is 2. The number of carbonyl (C=O) groups is 1. The van der Waals surface area contributed by atoms with E-state index < -0.39 is 5.54 Å². The van der Waals surface area contributed by atoms with Crippen LogP contribution in [-0.2, 0) is 5.54 Å². The Morgan fingerprint density at radius 1 is 1.00 bits per heavy atom. The summed E-state index contributed by atoms with van der Waals surface area (Å²) in [6, 6.07) is 17.8. The van der Waals surface area contributed by atoms with Gasteiger partial charge >= 0.3 is 0 Å². The van der Waals surface area contributed by atoms with Gasteiger partial charge in [0, 0.05) is 12.5 Å². The van der Waals surface area contributed by atoms with Gasteiger partial charge in [-0.3, -0.25) is 4.79 Å². The summed E-state index contributed by atoms with van der Waals surface area (Å²) in [6.45, 7) is 1.77. The minimum atomic E-state index is -0.521. The first kappa shape index (κ1) is 16.5. The topological polar surface area (TPSA) is 68.0 Å². The Balaban J connectivity index is 1.55. The van der Waals surface area contributed by atoms with Crippen molar-refractivity contribution < 1.29 is 9.32 Å². The number of hydrogen-bond donors (Lipinski definition) is 1. The van der Waals surface area contributed by atoms with Gasteiger partial charge < -0.3 is 9.84 Å². The summed E-state index contributed by atoms with van der Waals surface area (Å²) in [7, 11) is 0. The Morgan fingerprint density at radius 3 is 2.27 bits per heavy atom. The lowest BCUT2D eigenvalue weighted by molar-refractivity contribution is 0.0892. The van der Waals surface area contributed by atoms with Crippen molar-refractivity contribution in [2.75, 3.05) is 0 Å². The Labute approximate surface area is 152 Å². The van der Waals surface area contributed by atoms with Crippen molar-refractivity contribution in [3.8, 4) is 11.1 Å². The van der Waals surface area contributed by atoms with Crippen molar-refractivity contribution in [1.29, 1.82) is 0 Å². The molecule has 3 aromatic rings. The number of benzene rings is 2. The van der Waals surface area contributed by atoms with E-state index in [1.807, 2.05) is 42.5 Å². The molecule has 1 amide bonds. The lowest BCUT2D eigenvalue weighted by Crippen LogP contribution is -2.44. The van der Waals surface area contributed by atoms with Crippen molar-refractivity contribution in [2.45, 2.75) is 38.1 Å². The Kier molecular flexibility index (Phi) is 4.29. The minimum absolute atomic E-state index is 0.103. The van der Waals surface area contributed by atoms with Gasteiger partial charge in [-0.2, -0.15) is 4.98 Å². The molecule has 0 radical (unpaired) electrons. The van der Waals surface area contributed by atoms with E-state index >= 15 is 0 Å². The molecule has 1 aromatic heterocycles. The van der Waals surface area contributed by atoms with Crippen LogP contribution in [-0.4, -0.2) is 16.0 Å². The van der Waals surface area contributed by atoms with Gasteiger partial charge in [0.1, 0.15) is 5.54 Å². The largest absolute Gasteiger partial charge is 0.340 e. The molecule has 0 unspecified atom stereocenters. The predicted octanol–water partition coefficient (Wildman–Crippen LogP) is 4.24. The smallest absolute Gasteiger partial charge is 0.252 e. The molecular weight excluding hydrogens is 326 g/mol. The lowest BCUT2D eigenvalue weighted by Gasteiger charge is -2.26. The fourth-order valence-corrected chi connectivity index (χ4v) is 3.61. The second-order valence-corrected chi connectivity index (χ2v) is 6.82. The van der Waals surface area contributed by atoms with E-state index in [1.54, 1.807) is 6.92 Å². The van der Waals surface area contributed by atoms with Crippen molar-refractivity contribution in [2.24, 2.45) is 0 Å². The molecule has 0 bridgehead atoms. The van der Waals surface area contributed by atoms with Crippen LogP contribution in [0, 0.1) is 6.92 Å². The zero-order valence-electron chi connectivity index (χ0n) is 14.7. The third-order valence-corrected chi connectivity index (χ3v) is 5.02. The summed E-state index contributed by atoms with van der Waals surface area (Å²) in [5.74, 6) is 1.00. The molecule has 4 rings (SSSR count). The van der Waals surface area contributed by atoms with E-state index in [2.05, 4.69) is 27.6 Å². The first-order valence-corrected chi connectivity index (χ1v) is 8.95. The van der Waals surface area contributed by atoms with Crippen LogP contribution in [0.25, 0.3) is 11.1 Å². The van der Waals surface area contributed by atoms with Gasteiger partial charge in [0.05, 0.1) is 0 Å². The fourth-order valence-electron chi connectivity index (χ4n) is 3.61. The summed E-state index contributed by atoms with van der Waals surface area (Å²) < 4.78 is 5.14. The summed E-state index contributed by atoms with van der Waals surface area (Å²) >= 11 is 0. The van der Waals surface area contributed by atoms with Gasteiger partial charge in [-0.25, -0.2) is 0 Å². The number of rotatable bonds is 4. The van der Waals surface area contributed by atoms with Crippen LogP contribution in [0.1, 0.15) is 47.8 Å². The second kappa shape index (κ2) is 6.75. The summed E-state index contributed by atoms with van der Waals surface area (Å²) in [5, 5.41) is 7.24. The highest BCUT2D eigenvalue weighted by molar-refractivity contribution is 5.95. The number of carbonyl (C=O) groups excluding carboxylic acids is 1. The van der Waals surface area contributed by atoms with Crippen molar-refractivity contribution in [1.82, 2.24) is 15.5 Å². The number of nitrogens with one attached hydrogen (secondary N) is 1. The molecule has 5 heteroatoms. The summed E-state index contributed by atoms with van der Waals surface area (Å²) in [4.78, 5) is 17.2. The SMILES string of the molecule is Cc1nc(C2(NC(=O)c3ccc(-c4ccccc4)cc3)CCCC2)no1. The van der Waals surface area contributed by atoms with Gasteiger partial charge in [-0.05, 0) is 36.1 Å². The third-order valence-electron chi connectivity index (χ3n) is 5.02. The van der Waals surface area contributed by atoms with Crippen LogP contribution in [0.2, 0.25) is 0 Å². The van der Waals surface area contributed by atoms with E-state index in [0.717, 1.165) is 36.8 Å². The first-order valence-electron chi connectivity index (χ1n) is 8.95. The average Bonchev–Trinajstić information content (AvgIpc) is 3.32. The van der Waals surface area contributed by atoms with Gasteiger partial charge in [0.15, 0.2) is 5.82 Å². The van der Waals surface area contributed by atoms with E-state index in [1.165, 1.54) is 0 Å². The van der Waals surface area contributed by atoms with Crippen LogP contribution in [0.3, 0.4) is 0 Å². The maximum absolute atomic E-state index is 12.8. The van der Waals surface area contributed by atoms with Crippen molar-refractivity contribution in [3.05, 3.63) is 71.9 Å². The molecule has 0 atom stereocenters. The molecular formula is C21H21N3O2. The predicted molar refractivity (Wildman–Crippen MR) is 98.5 cm³/mol. The standard InChI is InChI=1S/C21H21N3O2/c1-15-22-20(24-26-15)21(13-5-6-14-21)23-19(25)18-11-9-17(10-12-18)16-7-3-2-4-8-16/h2-4,7-12H,5-6,13-14H2,1H3,(H,23,25). The number of amides is 1. The zero-order valence-corrected chi connectivity index (χ0v) is 14.7. The first-order chi connectivity index (χ1) is 12.7. The maximum atomic E-state index is 12.8. The molecule has 1 aliphatic rings. The molecule has 1 aliphatic carbocycles. The molecule has 5 nitrogen and oxygen atoms in total. The molecule has 1 fully saturated rings. The Bertz CT molecular complexity index is 895. The maximum Gasteiger partial charge on any atom is 0.252 e. The van der Waals surface area contributed by atoms with Gasteiger partial charge in [0.25, 0.3) is 5.91 Å². The van der Waals surface area contributed by atoms with Crippen molar-refractivity contribution in [3.63, 3.8) is 0 Å². The molecule has 2 aromatic carbocycles. The zero-order chi connectivity index (χ0) is 18.0. The highest BCUT2D eigenvalue weighted by Crippen LogP contribution is 2.37. The van der Waals surface area contributed by atoms with Crippen molar-refractivity contribution >= 4 is 5.91 Å². The molecule has 0 saturated heterocycles. The molecule has 26 heavy (non-hydrogen) atoms. The second-order valence-electron chi connectivity index (χ2n) is 6.82. The Hall–Kier alpha value is -2.95. The van der Waals surface area contributed by atoms with Gasteiger partial charge in [-0.1, -0.05) is 60.5 Å². The van der Waals surface area contributed by atoms with E-state index in [4.69, 9.17) is 4.52 Å². The highest BCUT2D eigenvalue weighted by atomic mass is 16.5. The van der Waals surface area contributed by atoms with Crippen LogP contribution in [0.15, 0.2) is 59.1 Å². The lowest BCUT2D eigenvalue weighted by atomic mass is 9.95. The number of aromatic nitrogens is 2. The molecule has 0 aliphatic heterocycles. The third kappa shape index (κ3) is 3.12. The quantitative estimate of drug-likeness (QED) is 0.766. The highest BCUT2D eigenvalue weighted by Gasteiger charge is 2.41. The molecule has 132 valence electrons. The normalized spacial score (nSPS) is 15.7. The summed E-state index contributed by atoms with van der Waals surface area (Å²) in [6.07, 6.45) is 3.75. The van der Waals surface area contributed by atoms with E-state index in [-0.39, 0.29) is 5.91 Å². The number of aryl methyl sites for hydroxylation is 1. The average molecular weight is 347 g/mol. The van der Waals surface area contributed by atoms with E-state index in [0.29, 0.717) is 17.3 Å². The van der Waals surface area contributed by atoms with Crippen LogP contribution < -0.4 is 5.32 Å². The molecule has 0 spiro atoms. The monoisotopic (exact) mass is 347 g/mol. The van der Waals surface area contributed by atoms with Gasteiger partial charge in [0.2, 0.25) is 5.89 Å². The molecule has 1 heterocycles. The fraction of sp³-hybridized carbons (Fsp3) is 0.286. The Morgan fingerprint density at radius 2 is 1.65 bits per heavy atom. The van der Waals surface area contributed by atoms with E-state index in [9.17, 15) is 4.79 Å². The minimum Gasteiger partial charge on any atom is -0.340 e. The summed E-state index contributed by atoms with van der Waals surface area (Å²) in [5.41, 5.74) is 2.34. The number of hydrogen-bond acceptors (Lipinski definition) is 4. The van der Waals surface area contributed by atoms with Gasteiger partial charge in [-0.15, -0.1) is 0 Å². The van der Waals surface area contributed by atoms with Crippen LogP contribution in [0.5, 0.6) is 0 Å². The van der Waals surface area contributed by atoms with Crippen LogP contribution >= 0.6 is 0 Å². The molecule has 1 saturated carbocycles. The van der Waals surface area contributed by atoms with Crippen LogP contribution in [0.4, 0.5) is 0 Å². The molecule has 1 N–H and O–H groups in total.